The Bertz CT molecular complexity index is 371. The molecule has 94 valence electrons. The van der Waals surface area contributed by atoms with E-state index in [1.54, 1.807) is 13.3 Å². The maximum Gasteiger partial charge on any atom is 0.188 e. The van der Waals surface area contributed by atoms with Gasteiger partial charge in [-0.05, 0) is 29.9 Å². The quantitative estimate of drug-likeness (QED) is 0.253. The standard InChI is InChI=1S/C11H17N3O2S/c1-16-5-2-6-17-8-9-3-4-13-10(7-9)11(12)14-15/h3-4,7,15H,2,5-6,8H2,1H3,(H2,12,14). The first-order valence-corrected chi connectivity index (χ1v) is 6.43. The molecule has 1 rings (SSSR count). The first-order chi connectivity index (χ1) is 8.27. The normalized spacial score (nSPS) is 11.7. The molecule has 0 radical (unpaired) electrons. The van der Waals surface area contributed by atoms with E-state index < -0.39 is 0 Å². The Morgan fingerprint density at radius 1 is 1.65 bits per heavy atom. The first-order valence-electron chi connectivity index (χ1n) is 5.27. The van der Waals surface area contributed by atoms with Crippen LogP contribution in [-0.4, -0.2) is 35.5 Å². The largest absolute Gasteiger partial charge is 0.409 e. The highest BCUT2D eigenvalue weighted by Crippen LogP contribution is 2.13. The molecule has 0 saturated carbocycles. The zero-order valence-electron chi connectivity index (χ0n) is 9.80. The van der Waals surface area contributed by atoms with E-state index in [-0.39, 0.29) is 5.84 Å². The maximum absolute atomic E-state index is 8.56. The Labute approximate surface area is 105 Å². The van der Waals surface area contributed by atoms with Crippen molar-refractivity contribution in [1.82, 2.24) is 4.98 Å². The van der Waals surface area contributed by atoms with Crippen LogP contribution in [0.5, 0.6) is 0 Å². The SMILES string of the molecule is COCCCSCc1ccnc(C(N)=NO)c1. The van der Waals surface area contributed by atoms with Crippen molar-refractivity contribution in [1.29, 1.82) is 0 Å². The lowest BCUT2D eigenvalue weighted by Crippen LogP contribution is -2.15. The van der Waals surface area contributed by atoms with Crippen molar-refractivity contribution >= 4 is 17.6 Å². The molecular formula is C11H17N3O2S. The van der Waals surface area contributed by atoms with Crippen LogP contribution in [0.2, 0.25) is 0 Å². The Kier molecular flexibility index (Phi) is 6.42. The summed E-state index contributed by atoms with van der Waals surface area (Å²) in [6.45, 7) is 0.790. The minimum atomic E-state index is 0.0382. The Hall–Kier alpha value is -1.27. The molecule has 1 heterocycles. The Balaban J connectivity index is 2.43. The van der Waals surface area contributed by atoms with Crippen molar-refractivity contribution in [3.63, 3.8) is 0 Å². The van der Waals surface area contributed by atoms with E-state index in [4.69, 9.17) is 15.7 Å². The Morgan fingerprint density at radius 2 is 2.47 bits per heavy atom. The van der Waals surface area contributed by atoms with Crippen LogP contribution in [0, 0.1) is 0 Å². The molecule has 5 nitrogen and oxygen atoms in total. The number of nitrogens with two attached hydrogens (primary N) is 1. The molecular weight excluding hydrogens is 238 g/mol. The third-order valence-corrected chi connectivity index (χ3v) is 3.22. The summed E-state index contributed by atoms with van der Waals surface area (Å²) in [4.78, 5) is 4.02. The topological polar surface area (TPSA) is 80.7 Å². The van der Waals surface area contributed by atoms with Gasteiger partial charge in [-0.3, -0.25) is 4.98 Å². The summed E-state index contributed by atoms with van der Waals surface area (Å²) < 4.78 is 4.98. The van der Waals surface area contributed by atoms with E-state index in [0.29, 0.717) is 5.69 Å². The molecule has 3 N–H and O–H groups in total. The Morgan fingerprint density at radius 3 is 3.18 bits per heavy atom. The van der Waals surface area contributed by atoms with Gasteiger partial charge in [0.25, 0.3) is 0 Å². The molecule has 0 aliphatic rings. The number of thioether (sulfide) groups is 1. The first kappa shape index (κ1) is 13.8. The summed E-state index contributed by atoms with van der Waals surface area (Å²) in [7, 11) is 1.71. The molecule has 0 atom stereocenters. The van der Waals surface area contributed by atoms with Gasteiger partial charge in [-0.2, -0.15) is 11.8 Å². The van der Waals surface area contributed by atoms with E-state index in [0.717, 1.165) is 30.1 Å². The molecule has 1 aromatic rings. The molecule has 0 saturated heterocycles. The molecule has 0 aliphatic heterocycles. The second-order valence-corrected chi connectivity index (χ2v) is 4.54. The van der Waals surface area contributed by atoms with Gasteiger partial charge in [0.1, 0.15) is 5.69 Å². The van der Waals surface area contributed by atoms with E-state index >= 15 is 0 Å². The zero-order valence-corrected chi connectivity index (χ0v) is 10.6. The number of ether oxygens (including phenoxy) is 1. The molecule has 0 aliphatic carbocycles. The van der Waals surface area contributed by atoms with Crippen molar-refractivity contribution in [3.8, 4) is 0 Å². The van der Waals surface area contributed by atoms with E-state index in [2.05, 4.69) is 10.1 Å². The average molecular weight is 255 g/mol. The predicted octanol–water partition coefficient (Wildman–Crippen LogP) is 1.45. The molecule has 0 fully saturated rings. The number of methoxy groups -OCH3 is 1. The highest BCUT2D eigenvalue weighted by atomic mass is 32.2. The number of amidine groups is 1. The van der Waals surface area contributed by atoms with Gasteiger partial charge >= 0.3 is 0 Å². The fraction of sp³-hybridized carbons (Fsp3) is 0.455. The van der Waals surface area contributed by atoms with Crippen LogP contribution in [-0.2, 0) is 10.5 Å². The predicted molar refractivity (Wildman–Crippen MR) is 69.4 cm³/mol. The number of rotatable bonds is 7. The van der Waals surface area contributed by atoms with Gasteiger partial charge in [0.15, 0.2) is 5.84 Å². The zero-order chi connectivity index (χ0) is 12.5. The number of nitrogens with zero attached hydrogens (tertiary/aromatic N) is 2. The summed E-state index contributed by atoms with van der Waals surface area (Å²) in [5.74, 6) is 1.98. The highest BCUT2D eigenvalue weighted by Gasteiger charge is 2.02. The molecule has 6 heteroatoms. The molecule has 0 amide bonds. The van der Waals surface area contributed by atoms with Crippen molar-refractivity contribution in [3.05, 3.63) is 29.6 Å². The molecule has 0 aromatic carbocycles. The van der Waals surface area contributed by atoms with Crippen LogP contribution < -0.4 is 5.73 Å². The van der Waals surface area contributed by atoms with Crippen LogP contribution in [0.3, 0.4) is 0 Å². The fourth-order valence-corrected chi connectivity index (χ4v) is 2.13. The van der Waals surface area contributed by atoms with Crippen LogP contribution in [0.15, 0.2) is 23.5 Å². The summed E-state index contributed by atoms with van der Waals surface area (Å²) >= 11 is 1.82. The van der Waals surface area contributed by atoms with E-state index in [1.807, 2.05) is 23.9 Å². The van der Waals surface area contributed by atoms with Crippen LogP contribution in [0.4, 0.5) is 0 Å². The van der Waals surface area contributed by atoms with E-state index in [9.17, 15) is 0 Å². The monoisotopic (exact) mass is 255 g/mol. The van der Waals surface area contributed by atoms with Gasteiger partial charge in [-0.15, -0.1) is 0 Å². The van der Waals surface area contributed by atoms with Crippen molar-refractivity contribution in [2.75, 3.05) is 19.5 Å². The van der Waals surface area contributed by atoms with Crippen molar-refractivity contribution < 1.29 is 9.94 Å². The second kappa shape index (κ2) is 7.92. The molecule has 17 heavy (non-hydrogen) atoms. The van der Waals surface area contributed by atoms with Gasteiger partial charge in [-0.1, -0.05) is 5.16 Å². The summed E-state index contributed by atoms with van der Waals surface area (Å²) in [6, 6.07) is 3.76. The summed E-state index contributed by atoms with van der Waals surface area (Å²) in [6.07, 6.45) is 2.71. The lowest BCUT2D eigenvalue weighted by Gasteiger charge is -2.03. The van der Waals surface area contributed by atoms with Gasteiger partial charge in [0.2, 0.25) is 0 Å². The van der Waals surface area contributed by atoms with Gasteiger partial charge < -0.3 is 15.7 Å². The minimum Gasteiger partial charge on any atom is -0.409 e. The number of oxime groups is 1. The smallest absolute Gasteiger partial charge is 0.188 e. The van der Waals surface area contributed by atoms with Crippen LogP contribution in [0.25, 0.3) is 0 Å². The summed E-state index contributed by atoms with van der Waals surface area (Å²) in [5, 5.41) is 11.5. The second-order valence-electron chi connectivity index (χ2n) is 3.43. The number of pyridine rings is 1. The fourth-order valence-electron chi connectivity index (χ4n) is 1.25. The van der Waals surface area contributed by atoms with E-state index in [1.165, 1.54) is 0 Å². The summed E-state index contributed by atoms with van der Waals surface area (Å²) in [5.41, 5.74) is 7.09. The third kappa shape index (κ3) is 5.06. The number of hydrogen-bond acceptors (Lipinski definition) is 5. The van der Waals surface area contributed by atoms with Crippen molar-refractivity contribution in [2.24, 2.45) is 10.9 Å². The van der Waals surface area contributed by atoms with Crippen LogP contribution >= 0.6 is 11.8 Å². The van der Waals surface area contributed by atoms with Gasteiger partial charge in [-0.25, -0.2) is 0 Å². The van der Waals surface area contributed by atoms with Gasteiger partial charge in [0.05, 0.1) is 0 Å². The number of hydrogen-bond donors (Lipinski definition) is 2. The van der Waals surface area contributed by atoms with Crippen molar-refractivity contribution in [2.45, 2.75) is 12.2 Å². The molecule has 0 bridgehead atoms. The lowest BCUT2D eigenvalue weighted by atomic mass is 10.2. The average Bonchev–Trinajstić information content (AvgIpc) is 2.38. The molecule has 1 aromatic heterocycles. The molecule has 0 spiro atoms. The number of aromatic nitrogens is 1. The lowest BCUT2D eigenvalue weighted by molar-refractivity contribution is 0.200. The minimum absolute atomic E-state index is 0.0382. The van der Waals surface area contributed by atoms with Gasteiger partial charge in [0, 0.05) is 25.7 Å². The molecule has 0 unspecified atom stereocenters. The third-order valence-electron chi connectivity index (χ3n) is 2.10. The highest BCUT2D eigenvalue weighted by molar-refractivity contribution is 7.98. The van der Waals surface area contributed by atoms with Crippen LogP contribution in [0.1, 0.15) is 17.7 Å². The maximum atomic E-state index is 8.56.